The molecule has 2 heterocycles. The van der Waals surface area contributed by atoms with Gasteiger partial charge >= 0.3 is 5.97 Å². The van der Waals surface area contributed by atoms with Crippen molar-refractivity contribution >= 4 is 5.97 Å². The molecule has 6 heteroatoms. The molecule has 6 rings (SSSR count). The van der Waals surface area contributed by atoms with E-state index in [0.29, 0.717) is 47.4 Å². The Labute approximate surface area is 226 Å². The molecule has 2 aromatic heterocycles. The smallest absolute Gasteiger partial charge is 0.314 e. The quantitative estimate of drug-likeness (QED) is 0.244. The van der Waals surface area contributed by atoms with Crippen molar-refractivity contribution < 1.29 is 19.5 Å². The number of aryl methyl sites for hydroxylation is 1. The molecule has 0 spiro atoms. The van der Waals surface area contributed by atoms with Crippen molar-refractivity contribution in [3.05, 3.63) is 131 Å². The highest BCUT2D eigenvalue weighted by Gasteiger charge is 2.52. The number of aromatic nitrogens is 2. The molecule has 0 saturated heterocycles. The fourth-order valence-corrected chi connectivity index (χ4v) is 5.30. The van der Waals surface area contributed by atoms with Crippen molar-refractivity contribution in [3.8, 4) is 22.5 Å². The minimum Gasteiger partial charge on any atom is -0.481 e. The van der Waals surface area contributed by atoms with Gasteiger partial charge in [0, 0.05) is 23.5 Å². The Morgan fingerprint density at radius 2 is 1.64 bits per heavy atom. The molecule has 0 amide bonds. The van der Waals surface area contributed by atoms with Crippen LogP contribution >= 0.6 is 0 Å². The molecular formula is C33H28N2O4. The number of aliphatic hydroxyl groups is 1. The van der Waals surface area contributed by atoms with Gasteiger partial charge in [-0.2, -0.15) is 0 Å². The molecule has 1 aliphatic carbocycles. The van der Waals surface area contributed by atoms with Gasteiger partial charge in [0.25, 0.3) is 0 Å². The number of carboxylic acids is 1. The molecule has 0 bridgehead atoms. The predicted molar refractivity (Wildman–Crippen MR) is 148 cm³/mol. The molecule has 194 valence electrons. The molecule has 0 aliphatic heterocycles. The number of carbonyl (C=O) groups is 1. The molecular weight excluding hydrogens is 488 g/mol. The molecule has 1 unspecified atom stereocenters. The lowest BCUT2D eigenvalue weighted by molar-refractivity contribution is -0.140. The SMILES string of the molecule is Cc1noc(-c2cc(C3(C(=O)O)CC3)ccc2-c2ccccc2)c1C(O)c1cncc(Cc2ccccc2)c1. The highest BCUT2D eigenvalue weighted by atomic mass is 16.5. The number of pyridine rings is 1. The van der Waals surface area contributed by atoms with Crippen LogP contribution in [0.4, 0.5) is 0 Å². The highest BCUT2D eigenvalue weighted by molar-refractivity contribution is 5.88. The number of aliphatic carboxylic acids is 1. The Hall–Kier alpha value is -4.55. The monoisotopic (exact) mass is 516 g/mol. The molecule has 1 atom stereocenters. The summed E-state index contributed by atoms with van der Waals surface area (Å²) in [5.74, 6) is -0.397. The van der Waals surface area contributed by atoms with E-state index in [2.05, 4.69) is 22.3 Å². The lowest BCUT2D eigenvalue weighted by Crippen LogP contribution is -2.19. The summed E-state index contributed by atoms with van der Waals surface area (Å²) < 4.78 is 5.88. The van der Waals surface area contributed by atoms with Crippen LogP contribution in [-0.2, 0) is 16.6 Å². The largest absolute Gasteiger partial charge is 0.481 e. The second-order valence-electron chi connectivity index (χ2n) is 10.2. The van der Waals surface area contributed by atoms with Gasteiger partial charge in [-0.1, -0.05) is 78.0 Å². The van der Waals surface area contributed by atoms with E-state index in [4.69, 9.17) is 4.52 Å². The van der Waals surface area contributed by atoms with Crippen molar-refractivity contribution in [2.45, 2.75) is 37.7 Å². The summed E-state index contributed by atoms with van der Waals surface area (Å²) in [4.78, 5) is 16.5. The van der Waals surface area contributed by atoms with Gasteiger partial charge in [0.15, 0.2) is 5.76 Å². The lowest BCUT2D eigenvalue weighted by Gasteiger charge is -2.17. The molecule has 1 fully saturated rings. The first-order chi connectivity index (χ1) is 19.0. The molecule has 6 nitrogen and oxygen atoms in total. The fourth-order valence-electron chi connectivity index (χ4n) is 5.30. The Morgan fingerprint density at radius 1 is 0.923 bits per heavy atom. The number of rotatable bonds is 8. The number of carboxylic acid groups (broad SMARTS) is 1. The summed E-state index contributed by atoms with van der Waals surface area (Å²) in [5, 5.41) is 25.8. The second kappa shape index (κ2) is 9.97. The van der Waals surface area contributed by atoms with Crippen LogP contribution < -0.4 is 0 Å². The lowest BCUT2D eigenvalue weighted by atomic mass is 9.87. The summed E-state index contributed by atoms with van der Waals surface area (Å²) in [7, 11) is 0. The van der Waals surface area contributed by atoms with Crippen LogP contribution in [0.15, 0.2) is 102 Å². The van der Waals surface area contributed by atoms with Crippen molar-refractivity contribution in [2.75, 3.05) is 0 Å². The van der Waals surface area contributed by atoms with Crippen molar-refractivity contribution in [1.29, 1.82) is 0 Å². The average molecular weight is 517 g/mol. The van der Waals surface area contributed by atoms with E-state index in [9.17, 15) is 15.0 Å². The van der Waals surface area contributed by atoms with Gasteiger partial charge in [0.1, 0.15) is 6.10 Å². The van der Waals surface area contributed by atoms with Crippen LogP contribution in [0, 0.1) is 6.92 Å². The van der Waals surface area contributed by atoms with E-state index in [0.717, 1.165) is 27.8 Å². The first-order valence-electron chi connectivity index (χ1n) is 13.0. The van der Waals surface area contributed by atoms with Gasteiger partial charge in [-0.25, -0.2) is 0 Å². The van der Waals surface area contributed by atoms with Crippen LogP contribution in [0.5, 0.6) is 0 Å². The maximum atomic E-state index is 12.1. The maximum Gasteiger partial charge on any atom is 0.314 e. The van der Waals surface area contributed by atoms with Gasteiger partial charge in [-0.3, -0.25) is 9.78 Å². The first-order valence-corrected chi connectivity index (χ1v) is 13.0. The van der Waals surface area contributed by atoms with Gasteiger partial charge < -0.3 is 14.7 Å². The Balaban J connectivity index is 1.45. The summed E-state index contributed by atoms with van der Waals surface area (Å²) in [6.07, 6.45) is 4.32. The summed E-state index contributed by atoms with van der Waals surface area (Å²) >= 11 is 0. The van der Waals surface area contributed by atoms with E-state index in [1.165, 1.54) is 0 Å². The minimum absolute atomic E-state index is 0.426. The molecule has 3 aromatic carbocycles. The molecule has 1 aliphatic rings. The highest BCUT2D eigenvalue weighted by Crippen LogP contribution is 2.50. The molecule has 1 saturated carbocycles. The van der Waals surface area contributed by atoms with E-state index in [1.807, 2.05) is 79.0 Å². The van der Waals surface area contributed by atoms with Crippen molar-refractivity contribution in [1.82, 2.24) is 10.1 Å². The third-order valence-electron chi connectivity index (χ3n) is 7.63. The predicted octanol–water partition coefficient (Wildman–Crippen LogP) is 6.50. The third kappa shape index (κ3) is 4.64. The number of hydrogen-bond acceptors (Lipinski definition) is 5. The normalized spacial score (nSPS) is 14.6. The van der Waals surface area contributed by atoms with Gasteiger partial charge in [0.2, 0.25) is 0 Å². The Kier molecular flexibility index (Phi) is 6.33. The summed E-state index contributed by atoms with van der Waals surface area (Å²) in [5.41, 5.74) is 6.27. The van der Waals surface area contributed by atoms with Gasteiger partial charge in [-0.15, -0.1) is 0 Å². The van der Waals surface area contributed by atoms with E-state index in [1.54, 1.807) is 13.1 Å². The molecule has 0 radical (unpaired) electrons. The van der Waals surface area contributed by atoms with Crippen LogP contribution in [0.25, 0.3) is 22.5 Å². The van der Waals surface area contributed by atoms with Crippen LogP contribution in [-0.4, -0.2) is 26.3 Å². The number of hydrogen-bond donors (Lipinski definition) is 2. The molecule has 39 heavy (non-hydrogen) atoms. The fraction of sp³-hybridized carbons (Fsp3) is 0.182. The first kappa shape index (κ1) is 24.8. The number of aliphatic hydroxyl groups excluding tert-OH is 1. The Morgan fingerprint density at radius 3 is 2.33 bits per heavy atom. The van der Waals surface area contributed by atoms with Crippen molar-refractivity contribution in [2.24, 2.45) is 0 Å². The van der Waals surface area contributed by atoms with Crippen LogP contribution in [0.2, 0.25) is 0 Å². The number of nitrogens with zero attached hydrogens (tertiary/aromatic N) is 2. The molecule has 2 N–H and O–H groups in total. The van der Waals surface area contributed by atoms with E-state index < -0.39 is 17.5 Å². The maximum absolute atomic E-state index is 12.1. The third-order valence-corrected chi connectivity index (χ3v) is 7.63. The number of benzene rings is 3. The topological polar surface area (TPSA) is 96.5 Å². The zero-order chi connectivity index (χ0) is 27.0. The Bertz CT molecular complexity index is 1640. The van der Waals surface area contributed by atoms with E-state index >= 15 is 0 Å². The van der Waals surface area contributed by atoms with Gasteiger partial charge in [0.05, 0.1) is 16.7 Å². The summed E-state index contributed by atoms with van der Waals surface area (Å²) in [6, 6.07) is 27.7. The zero-order valence-electron chi connectivity index (χ0n) is 21.5. The second-order valence-corrected chi connectivity index (χ2v) is 10.2. The van der Waals surface area contributed by atoms with Gasteiger partial charge in [-0.05, 0) is 66.1 Å². The van der Waals surface area contributed by atoms with Crippen LogP contribution in [0.3, 0.4) is 0 Å². The summed E-state index contributed by atoms with van der Waals surface area (Å²) in [6.45, 7) is 1.80. The zero-order valence-corrected chi connectivity index (χ0v) is 21.5. The van der Waals surface area contributed by atoms with Crippen molar-refractivity contribution in [3.63, 3.8) is 0 Å². The van der Waals surface area contributed by atoms with E-state index in [-0.39, 0.29) is 0 Å². The molecule has 5 aromatic rings. The van der Waals surface area contributed by atoms with Crippen LogP contribution in [0.1, 0.15) is 52.5 Å². The standard InChI is InChI=1S/C33H28N2O4/c1-21-29(30(36)25-17-23(19-34-20-25)16-22-8-4-2-5-9-22)31(39-35-21)28-18-26(33(14-15-33)32(37)38)12-13-27(28)24-10-6-3-7-11-24/h2-13,17-20,30,36H,14-16H2,1H3,(H,37,38). The average Bonchev–Trinajstić information content (AvgIpc) is 3.70. The minimum atomic E-state index is -1.03.